The number of para-hydroxylation sites is 2. The van der Waals surface area contributed by atoms with Crippen LogP contribution in [-0.4, -0.2) is 46.9 Å². The van der Waals surface area contributed by atoms with Crippen LogP contribution in [0, 0.1) is 0 Å². The Hall–Kier alpha value is -3.36. The van der Waals surface area contributed by atoms with Gasteiger partial charge in [-0.3, -0.25) is 14.7 Å². The average molecular weight is 513 g/mol. The molecule has 0 amide bonds. The van der Waals surface area contributed by atoms with Crippen LogP contribution in [0.15, 0.2) is 65.1 Å². The summed E-state index contributed by atoms with van der Waals surface area (Å²) in [5.41, 5.74) is 2.71. The molecule has 4 rings (SSSR count). The fourth-order valence-electron chi connectivity index (χ4n) is 4.37. The normalized spacial score (nSPS) is 13.6. The third kappa shape index (κ3) is 5.55. The lowest BCUT2D eigenvalue weighted by atomic mass is 10.0. The van der Waals surface area contributed by atoms with E-state index in [1.165, 1.54) is 14.2 Å². The van der Waals surface area contributed by atoms with Crippen molar-refractivity contribution in [1.29, 1.82) is 0 Å². The predicted octanol–water partition coefficient (Wildman–Crippen LogP) is 4.33. The van der Waals surface area contributed by atoms with E-state index in [0.717, 1.165) is 16.4 Å². The molecule has 190 valence electrons. The maximum absolute atomic E-state index is 12.3. The van der Waals surface area contributed by atoms with Crippen LogP contribution in [0.1, 0.15) is 17.5 Å². The Morgan fingerprint density at radius 3 is 2.44 bits per heavy atom. The van der Waals surface area contributed by atoms with E-state index in [1.807, 2.05) is 30.3 Å². The van der Waals surface area contributed by atoms with Crippen LogP contribution in [0.3, 0.4) is 0 Å². The fraction of sp³-hybridized carbons (Fsp3) is 0.269. The average Bonchev–Trinajstić information content (AvgIpc) is 3.22. The summed E-state index contributed by atoms with van der Waals surface area (Å²) in [6.45, 7) is 0. The summed E-state index contributed by atoms with van der Waals surface area (Å²) in [6.07, 6.45) is 0.238. The van der Waals surface area contributed by atoms with Gasteiger partial charge in [-0.1, -0.05) is 42.5 Å². The molecule has 10 heteroatoms. The molecule has 36 heavy (non-hydrogen) atoms. The number of nitrogens with one attached hydrogen (secondary N) is 1. The molecule has 0 spiro atoms. The molecule has 0 radical (unpaired) electrons. The van der Waals surface area contributed by atoms with Gasteiger partial charge < -0.3 is 28.8 Å². The molecule has 1 aromatic heterocycles. The smallest absolute Gasteiger partial charge is 0.342 e. The number of furan rings is 1. The number of rotatable bonds is 11. The first kappa shape index (κ1) is 25.7. The zero-order valence-corrected chi connectivity index (χ0v) is 20.8. The topological polar surface area (TPSA) is 138 Å². The number of aryl methyl sites for hydroxylation is 1. The number of methoxy groups -OCH3 is 2. The monoisotopic (exact) mass is 513 g/mol. The molecule has 9 nitrogen and oxygen atoms in total. The number of carboxylic acid groups (broad SMARTS) is 1. The Morgan fingerprint density at radius 2 is 1.75 bits per heavy atom. The highest BCUT2D eigenvalue weighted by molar-refractivity contribution is 7.52. The van der Waals surface area contributed by atoms with Crippen molar-refractivity contribution in [2.75, 3.05) is 14.2 Å². The standard InChI is InChI=1S/C26H28NO8P/c1-33-22-9-5-6-17(25(22)34-2)11-13-24(36(30,31)32)27-20(26(28)29)14-16-10-12-19-18-7-3-4-8-21(18)35-23(19)15-16/h3-10,12,15,20,24,27H,11,13-14H2,1-2H3,(H,28,29)(H2,30,31,32)/t20-,24+/m0/s1. The molecule has 0 aliphatic rings. The molecule has 4 N–H and O–H groups in total. The largest absolute Gasteiger partial charge is 0.493 e. The zero-order valence-electron chi connectivity index (χ0n) is 19.9. The van der Waals surface area contributed by atoms with Gasteiger partial charge in [-0.15, -0.1) is 0 Å². The summed E-state index contributed by atoms with van der Waals surface area (Å²) >= 11 is 0. The van der Waals surface area contributed by atoms with E-state index in [9.17, 15) is 24.3 Å². The van der Waals surface area contributed by atoms with Gasteiger partial charge in [0.25, 0.3) is 0 Å². The van der Waals surface area contributed by atoms with Crippen LogP contribution in [0.4, 0.5) is 0 Å². The summed E-state index contributed by atoms with van der Waals surface area (Å²) in [4.78, 5) is 32.0. The first-order valence-electron chi connectivity index (χ1n) is 11.4. The number of carbonyl (C=O) groups is 1. The molecule has 0 bridgehead atoms. The summed E-state index contributed by atoms with van der Waals surface area (Å²) < 4.78 is 28.8. The highest BCUT2D eigenvalue weighted by atomic mass is 31.2. The number of hydrogen-bond donors (Lipinski definition) is 4. The van der Waals surface area contributed by atoms with Gasteiger partial charge in [0.15, 0.2) is 11.5 Å². The van der Waals surface area contributed by atoms with E-state index in [1.54, 1.807) is 30.3 Å². The van der Waals surface area contributed by atoms with Gasteiger partial charge in [0.2, 0.25) is 0 Å². The van der Waals surface area contributed by atoms with E-state index in [4.69, 9.17) is 13.9 Å². The second kappa shape index (κ2) is 10.7. The number of fused-ring (bicyclic) bond motifs is 3. The van der Waals surface area contributed by atoms with E-state index in [0.29, 0.717) is 28.2 Å². The number of aliphatic carboxylic acids is 1. The molecular weight excluding hydrogens is 485 g/mol. The Bertz CT molecular complexity index is 1430. The highest BCUT2D eigenvalue weighted by Gasteiger charge is 2.33. The molecule has 0 unspecified atom stereocenters. The Labute approximate surface area is 207 Å². The van der Waals surface area contributed by atoms with Gasteiger partial charge in [-0.05, 0) is 48.6 Å². The molecule has 0 saturated heterocycles. The Balaban J connectivity index is 1.54. The second-order valence-corrected chi connectivity index (χ2v) is 10.3. The fourth-order valence-corrected chi connectivity index (χ4v) is 5.21. The van der Waals surface area contributed by atoms with Crippen molar-refractivity contribution in [3.63, 3.8) is 0 Å². The quantitative estimate of drug-likeness (QED) is 0.216. The minimum absolute atomic E-state index is 0.0137. The van der Waals surface area contributed by atoms with Gasteiger partial charge in [0, 0.05) is 10.8 Å². The van der Waals surface area contributed by atoms with Crippen LogP contribution in [0.5, 0.6) is 11.5 Å². The van der Waals surface area contributed by atoms with Gasteiger partial charge in [0.05, 0.1) is 14.2 Å². The molecule has 2 atom stereocenters. The molecule has 0 saturated carbocycles. The van der Waals surface area contributed by atoms with E-state index in [-0.39, 0.29) is 19.3 Å². The molecule has 4 aromatic rings. The van der Waals surface area contributed by atoms with E-state index >= 15 is 0 Å². The third-order valence-electron chi connectivity index (χ3n) is 6.15. The third-order valence-corrected chi connectivity index (χ3v) is 7.37. The summed E-state index contributed by atoms with van der Waals surface area (Å²) in [7, 11) is -1.69. The highest BCUT2D eigenvalue weighted by Crippen LogP contribution is 2.43. The van der Waals surface area contributed by atoms with Crippen molar-refractivity contribution in [2.24, 2.45) is 0 Å². The number of carboxylic acids is 1. The molecular formula is C26H28NO8P. The van der Waals surface area contributed by atoms with Gasteiger partial charge in [0.1, 0.15) is 23.0 Å². The first-order chi connectivity index (χ1) is 17.2. The van der Waals surface area contributed by atoms with Crippen LogP contribution in [-0.2, 0) is 22.2 Å². The maximum Gasteiger partial charge on any atom is 0.342 e. The van der Waals surface area contributed by atoms with Crippen molar-refractivity contribution < 1.29 is 38.1 Å². The molecule has 0 fully saturated rings. The lowest BCUT2D eigenvalue weighted by molar-refractivity contribution is -0.139. The van der Waals surface area contributed by atoms with Crippen molar-refractivity contribution in [3.05, 3.63) is 71.8 Å². The number of hydrogen-bond acceptors (Lipinski definition) is 6. The van der Waals surface area contributed by atoms with Crippen molar-refractivity contribution >= 4 is 35.5 Å². The Kier molecular flexibility index (Phi) is 7.66. The summed E-state index contributed by atoms with van der Waals surface area (Å²) in [6, 6.07) is 17.1. The van der Waals surface area contributed by atoms with E-state index in [2.05, 4.69) is 5.32 Å². The first-order valence-corrected chi connectivity index (χ1v) is 13.0. The second-order valence-electron chi connectivity index (χ2n) is 8.49. The molecule has 3 aromatic carbocycles. The van der Waals surface area contributed by atoms with Crippen LogP contribution in [0.25, 0.3) is 21.9 Å². The minimum Gasteiger partial charge on any atom is -0.493 e. The Morgan fingerprint density at radius 1 is 1.00 bits per heavy atom. The van der Waals surface area contributed by atoms with Crippen molar-refractivity contribution in [1.82, 2.24) is 5.32 Å². The summed E-state index contributed by atoms with van der Waals surface area (Å²) in [5, 5.41) is 14.4. The lowest BCUT2D eigenvalue weighted by Gasteiger charge is -2.24. The van der Waals surface area contributed by atoms with Crippen molar-refractivity contribution in [3.8, 4) is 11.5 Å². The number of benzene rings is 3. The molecule has 0 aliphatic carbocycles. The number of ether oxygens (including phenoxy) is 2. The zero-order chi connectivity index (χ0) is 25.9. The predicted molar refractivity (Wildman–Crippen MR) is 136 cm³/mol. The van der Waals surface area contributed by atoms with Gasteiger partial charge in [-0.25, -0.2) is 0 Å². The lowest BCUT2D eigenvalue weighted by Crippen LogP contribution is -2.44. The SMILES string of the molecule is COc1cccc(CC[C@H](N[C@@H](Cc2ccc3c(c2)oc2ccccc23)C(=O)O)P(=O)(O)O)c1OC. The van der Waals surface area contributed by atoms with Crippen molar-refractivity contribution in [2.45, 2.75) is 31.1 Å². The summed E-state index contributed by atoms with van der Waals surface area (Å²) in [5.74, 6) is -1.61. The van der Waals surface area contributed by atoms with Crippen LogP contribution < -0.4 is 14.8 Å². The maximum atomic E-state index is 12.3. The van der Waals surface area contributed by atoms with Crippen LogP contribution in [0.2, 0.25) is 0 Å². The molecule has 0 aliphatic heterocycles. The van der Waals surface area contributed by atoms with Gasteiger partial charge in [-0.2, -0.15) is 0 Å². The molecule has 1 heterocycles. The minimum atomic E-state index is -4.68. The van der Waals surface area contributed by atoms with Crippen LogP contribution >= 0.6 is 7.60 Å². The van der Waals surface area contributed by atoms with E-state index < -0.39 is 25.4 Å². The van der Waals surface area contributed by atoms with Gasteiger partial charge >= 0.3 is 13.6 Å².